The quantitative estimate of drug-likeness (QED) is 0.579. The molecule has 29 heavy (non-hydrogen) atoms. The first kappa shape index (κ1) is 19.3. The van der Waals surface area contributed by atoms with Crippen molar-refractivity contribution in [3.63, 3.8) is 0 Å². The van der Waals surface area contributed by atoms with E-state index in [2.05, 4.69) is 10.6 Å². The predicted octanol–water partition coefficient (Wildman–Crippen LogP) is 5.34. The van der Waals surface area contributed by atoms with Crippen LogP contribution in [0.25, 0.3) is 10.4 Å². The van der Waals surface area contributed by atoms with Gasteiger partial charge in [0.2, 0.25) is 0 Å². The molecule has 1 fully saturated rings. The lowest BCUT2D eigenvalue weighted by molar-refractivity contribution is 0.0949. The second-order valence-corrected chi connectivity index (χ2v) is 8.31. The summed E-state index contributed by atoms with van der Waals surface area (Å²) in [5.41, 5.74) is 3.63. The lowest BCUT2D eigenvalue weighted by Crippen LogP contribution is -2.25. The largest absolute Gasteiger partial charge is 0.349 e. The summed E-state index contributed by atoms with van der Waals surface area (Å²) in [6, 6.07) is 16.5. The molecule has 0 unspecified atom stereocenters. The minimum Gasteiger partial charge on any atom is -0.349 e. The third kappa shape index (κ3) is 4.54. The first-order valence-corrected chi connectivity index (χ1v) is 10.3. The molecule has 1 aliphatic carbocycles. The standard InChI is InChI=1S/C23H21FN2O2S/c1-14-2-5-17(22(27)25-18-8-9-18)12-19(14)26-23(28)21-11-10-20(29-21)16-6-3-15(13-24)4-7-16/h2-7,10-12,18H,8-9,13H2,1H3,(H,25,27)(H,26,28). The summed E-state index contributed by atoms with van der Waals surface area (Å²) in [5.74, 6) is -0.331. The topological polar surface area (TPSA) is 58.2 Å². The van der Waals surface area contributed by atoms with E-state index in [1.165, 1.54) is 11.3 Å². The zero-order valence-corrected chi connectivity index (χ0v) is 16.8. The number of alkyl halides is 1. The van der Waals surface area contributed by atoms with Gasteiger partial charge in [-0.25, -0.2) is 4.39 Å². The van der Waals surface area contributed by atoms with E-state index in [9.17, 15) is 14.0 Å². The first-order chi connectivity index (χ1) is 14.0. The van der Waals surface area contributed by atoms with Gasteiger partial charge in [-0.3, -0.25) is 9.59 Å². The monoisotopic (exact) mass is 408 g/mol. The van der Waals surface area contributed by atoms with E-state index in [0.29, 0.717) is 21.7 Å². The van der Waals surface area contributed by atoms with Gasteiger partial charge in [-0.05, 0) is 60.7 Å². The Balaban J connectivity index is 1.49. The number of halogens is 1. The van der Waals surface area contributed by atoms with E-state index < -0.39 is 6.67 Å². The van der Waals surface area contributed by atoms with Crippen LogP contribution in [0.5, 0.6) is 0 Å². The molecule has 1 aromatic heterocycles. The maximum Gasteiger partial charge on any atom is 0.265 e. The highest BCUT2D eigenvalue weighted by Crippen LogP contribution is 2.29. The van der Waals surface area contributed by atoms with Crippen molar-refractivity contribution in [2.75, 3.05) is 5.32 Å². The van der Waals surface area contributed by atoms with Gasteiger partial charge in [-0.15, -0.1) is 11.3 Å². The Morgan fingerprint density at radius 1 is 1.03 bits per heavy atom. The highest BCUT2D eigenvalue weighted by molar-refractivity contribution is 7.17. The van der Waals surface area contributed by atoms with Crippen LogP contribution in [0.15, 0.2) is 54.6 Å². The molecule has 148 valence electrons. The van der Waals surface area contributed by atoms with Crippen LogP contribution in [0, 0.1) is 6.92 Å². The molecule has 6 heteroatoms. The number of rotatable bonds is 6. The Bertz CT molecular complexity index is 1050. The SMILES string of the molecule is Cc1ccc(C(=O)NC2CC2)cc1NC(=O)c1ccc(-c2ccc(CF)cc2)s1. The number of hydrogen-bond acceptors (Lipinski definition) is 3. The molecule has 3 aromatic rings. The number of nitrogens with one attached hydrogen (secondary N) is 2. The molecule has 2 amide bonds. The number of hydrogen-bond donors (Lipinski definition) is 2. The summed E-state index contributed by atoms with van der Waals surface area (Å²) in [6.07, 6.45) is 2.05. The Kier molecular flexibility index (Phi) is 5.45. The van der Waals surface area contributed by atoms with E-state index in [0.717, 1.165) is 28.8 Å². The van der Waals surface area contributed by atoms with Crippen molar-refractivity contribution >= 4 is 28.8 Å². The van der Waals surface area contributed by atoms with Gasteiger partial charge >= 0.3 is 0 Å². The molecule has 0 atom stereocenters. The summed E-state index contributed by atoms with van der Waals surface area (Å²) in [6.45, 7) is 1.40. The Morgan fingerprint density at radius 3 is 2.48 bits per heavy atom. The molecule has 1 aliphatic rings. The number of benzene rings is 2. The van der Waals surface area contributed by atoms with Crippen molar-refractivity contribution in [2.45, 2.75) is 32.5 Å². The van der Waals surface area contributed by atoms with Crippen LogP contribution in [-0.4, -0.2) is 17.9 Å². The zero-order chi connectivity index (χ0) is 20.4. The maximum atomic E-state index is 12.7. The molecular weight excluding hydrogens is 387 g/mol. The van der Waals surface area contributed by atoms with Gasteiger partial charge in [0, 0.05) is 22.2 Å². The molecule has 2 N–H and O–H groups in total. The average Bonchev–Trinajstić information content (AvgIpc) is 3.40. The lowest BCUT2D eigenvalue weighted by Gasteiger charge is -2.10. The zero-order valence-electron chi connectivity index (χ0n) is 16.0. The van der Waals surface area contributed by atoms with Gasteiger partial charge in [-0.1, -0.05) is 30.3 Å². The second kappa shape index (κ2) is 8.17. The molecule has 4 rings (SSSR count). The number of carbonyl (C=O) groups excluding carboxylic acids is 2. The van der Waals surface area contributed by atoms with Crippen LogP contribution in [-0.2, 0) is 6.67 Å². The first-order valence-electron chi connectivity index (χ1n) is 9.51. The highest BCUT2D eigenvalue weighted by Gasteiger charge is 2.24. The smallest absolute Gasteiger partial charge is 0.265 e. The van der Waals surface area contributed by atoms with Crippen molar-refractivity contribution in [1.29, 1.82) is 0 Å². The van der Waals surface area contributed by atoms with Crippen molar-refractivity contribution < 1.29 is 14.0 Å². The molecule has 0 radical (unpaired) electrons. The number of thiophene rings is 1. The molecule has 0 spiro atoms. The fourth-order valence-electron chi connectivity index (χ4n) is 2.95. The third-order valence-corrected chi connectivity index (χ3v) is 6.02. The van der Waals surface area contributed by atoms with Gasteiger partial charge in [0.05, 0.1) is 4.88 Å². The average molecular weight is 408 g/mol. The van der Waals surface area contributed by atoms with E-state index in [4.69, 9.17) is 0 Å². The Morgan fingerprint density at radius 2 is 1.79 bits per heavy atom. The number of carbonyl (C=O) groups is 2. The van der Waals surface area contributed by atoms with Crippen molar-refractivity contribution in [2.24, 2.45) is 0 Å². The van der Waals surface area contributed by atoms with Gasteiger partial charge < -0.3 is 10.6 Å². The van der Waals surface area contributed by atoms with Crippen LogP contribution < -0.4 is 10.6 Å². The second-order valence-electron chi connectivity index (χ2n) is 7.23. The molecule has 2 aromatic carbocycles. The Labute approximate surface area is 172 Å². The molecule has 1 heterocycles. The molecule has 0 saturated heterocycles. The molecule has 0 bridgehead atoms. The van der Waals surface area contributed by atoms with Crippen LogP contribution in [0.4, 0.5) is 10.1 Å². The van der Waals surface area contributed by atoms with Crippen LogP contribution >= 0.6 is 11.3 Å². The summed E-state index contributed by atoms with van der Waals surface area (Å²) in [5, 5.41) is 5.87. The van der Waals surface area contributed by atoms with Crippen LogP contribution in [0.3, 0.4) is 0 Å². The van der Waals surface area contributed by atoms with Gasteiger partial charge in [0.25, 0.3) is 11.8 Å². The highest BCUT2D eigenvalue weighted by atomic mass is 32.1. The van der Waals surface area contributed by atoms with Crippen molar-refractivity contribution in [3.8, 4) is 10.4 Å². The molecular formula is C23H21FN2O2S. The summed E-state index contributed by atoms with van der Waals surface area (Å²) in [7, 11) is 0. The minimum atomic E-state index is -0.491. The van der Waals surface area contributed by atoms with Gasteiger partial charge in [0.1, 0.15) is 6.67 Å². The minimum absolute atomic E-state index is 0.113. The third-order valence-electron chi connectivity index (χ3n) is 4.88. The van der Waals surface area contributed by atoms with E-state index in [1.54, 1.807) is 30.3 Å². The molecule has 1 saturated carbocycles. The van der Waals surface area contributed by atoms with Crippen LogP contribution in [0.1, 0.15) is 44.0 Å². The van der Waals surface area contributed by atoms with E-state index in [-0.39, 0.29) is 17.9 Å². The summed E-state index contributed by atoms with van der Waals surface area (Å²) in [4.78, 5) is 26.5. The van der Waals surface area contributed by atoms with Gasteiger partial charge in [-0.2, -0.15) is 0 Å². The summed E-state index contributed by atoms with van der Waals surface area (Å²) < 4.78 is 12.7. The lowest BCUT2D eigenvalue weighted by atomic mass is 10.1. The predicted molar refractivity (Wildman–Crippen MR) is 114 cm³/mol. The number of aryl methyl sites for hydroxylation is 1. The Hall–Kier alpha value is -2.99. The van der Waals surface area contributed by atoms with Gasteiger partial charge in [0.15, 0.2) is 0 Å². The van der Waals surface area contributed by atoms with E-state index in [1.807, 2.05) is 31.2 Å². The van der Waals surface area contributed by atoms with Crippen molar-refractivity contribution in [1.82, 2.24) is 5.32 Å². The normalized spacial score (nSPS) is 13.2. The fraction of sp³-hybridized carbons (Fsp3) is 0.217. The maximum absolute atomic E-state index is 12.7. The number of amides is 2. The summed E-state index contributed by atoms with van der Waals surface area (Å²) >= 11 is 1.37. The number of anilines is 1. The molecule has 4 nitrogen and oxygen atoms in total. The van der Waals surface area contributed by atoms with Crippen molar-refractivity contribution in [3.05, 3.63) is 76.2 Å². The fourth-order valence-corrected chi connectivity index (χ4v) is 3.86. The van der Waals surface area contributed by atoms with E-state index >= 15 is 0 Å². The molecule has 0 aliphatic heterocycles. The van der Waals surface area contributed by atoms with Crippen LogP contribution in [0.2, 0.25) is 0 Å².